The molecule has 4 N–H and O–H groups in total. The number of halogens is 2. The van der Waals surface area contributed by atoms with Gasteiger partial charge in [0, 0.05) is 28.3 Å². The predicted molar refractivity (Wildman–Crippen MR) is 120 cm³/mol. The van der Waals surface area contributed by atoms with Crippen LogP contribution in [0.25, 0.3) is 22.0 Å². The third-order valence-electron chi connectivity index (χ3n) is 5.60. The number of benzene rings is 2. The van der Waals surface area contributed by atoms with Crippen molar-refractivity contribution < 1.29 is 18.4 Å². The van der Waals surface area contributed by atoms with Crippen LogP contribution in [-0.4, -0.2) is 26.6 Å². The number of carbonyl (C=O) groups is 2. The molecule has 2 heterocycles. The van der Waals surface area contributed by atoms with Crippen molar-refractivity contribution in [2.75, 3.05) is 0 Å². The van der Waals surface area contributed by atoms with Crippen molar-refractivity contribution >= 4 is 22.7 Å². The summed E-state index contributed by atoms with van der Waals surface area (Å²) in [5.41, 5.74) is 13.0. The first-order valence-electron chi connectivity index (χ1n) is 10.1. The third kappa shape index (κ3) is 3.63. The molecular weight excluding hydrogens is 442 g/mol. The molecule has 0 saturated carbocycles. The summed E-state index contributed by atoms with van der Waals surface area (Å²) in [6.07, 6.45) is 0. The van der Waals surface area contributed by atoms with E-state index in [9.17, 15) is 23.6 Å². The van der Waals surface area contributed by atoms with Crippen LogP contribution >= 0.6 is 0 Å². The molecule has 170 valence electrons. The van der Waals surface area contributed by atoms with Crippen molar-refractivity contribution in [2.45, 2.75) is 20.4 Å². The molecule has 4 aromatic rings. The molecule has 0 radical (unpaired) electrons. The van der Waals surface area contributed by atoms with E-state index in [2.05, 4.69) is 16.2 Å². The summed E-state index contributed by atoms with van der Waals surface area (Å²) >= 11 is 0. The zero-order chi connectivity index (χ0) is 24.7. The minimum Gasteiger partial charge on any atom is -0.366 e. The normalized spacial score (nSPS) is 10.9. The highest BCUT2D eigenvalue weighted by molar-refractivity contribution is 6.15. The molecule has 2 aromatic carbocycles. The molecule has 10 heteroatoms. The van der Waals surface area contributed by atoms with Gasteiger partial charge in [-0.3, -0.25) is 14.3 Å². The Kier molecular flexibility index (Phi) is 5.55. The highest BCUT2D eigenvalue weighted by atomic mass is 19.2. The Morgan fingerprint density at radius 1 is 1.06 bits per heavy atom. The minimum atomic E-state index is -1.20. The maximum atomic E-state index is 14.1. The molecule has 0 saturated heterocycles. The zero-order valence-electron chi connectivity index (χ0n) is 18.2. The number of aromatic nitrogens is 3. The second kappa shape index (κ2) is 8.37. The van der Waals surface area contributed by atoms with Gasteiger partial charge in [0.05, 0.1) is 35.0 Å². The van der Waals surface area contributed by atoms with Gasteiger partial charge in [0.2, 0.25) is 5.91 Å². The van der Waals surface area contributed by atoms with Crippen molar-refractivity contribution in [1.82, 2.24) is 14.8 Å². The van der Waals surface area contributed by atoms with Crippen LogP contribution < -0.4 is 11.5 Å². The lowest BCUT2D eigenvalue weighted by molar-refractivity contribution is 0.0996. The lowest BCUT2D eigenvalue weighted by Crippen LogP contribution is -2.21. The van der Waals surface area contributed by atoms with Gasteiger partial charge in [-0.1, -0.05) is 18.2 Å². The van der Waals surface area contributed by atoms with E-state index in [0.29, 0.717) is 28.1 Å². The van der Waals surface area contributed by atoms with Crippen LogP contribution in [0.2, 0.25) is 0 Å². The first-order chi connectivity index (χ1) is 16.1. The van der Waals surface area contributed by atoms with Gasteiger partial charge in [0.25, 0.3) is 5.91 Å². The van der Waals surface area contributed by atoms with Crippen LogP contribution in [0, 0.1) is 36.8 Å². The Bertz CT molecular complexity index is 1550. The summed E-state index contributed by atoms with van der Waals surface area (Å²) in [5, 5.41) is 13.8. The fourth-order valence-electron chi connectivity index (χ4n) is 4.08. The Hall–Kier alpha value is -4.65. The van der Waals surface area contributed by atoms with Gasteiger partial charge in [-0.2, -0.15) is 10.4 Å². The summed E-state index contributed by atoms with van der Waals surface area (Å²) in [5.74, 6) is -4.36. The quantitative estimate of drug-likeness (QED) is 0.471. The largest absolute Gasteiger partial charge is 0.366 e. The average molecular weight is 460 g/mol. The molecule has 2 amide bonds. The molecule has 2 aromatic heterocycles. The molecule has 0 bridgehead atoms. The molecule has 8 nitrogen and oxygen atoms in total. The molecule has 0 unspecified atom stereocenters. The van der Waals surface area contributed by atoms with Gasteiger partial charge in [-0.15, -0.1) is 0 Å². The van der Waals surface area contributed by atoms with Crippen LogP contribution in [0.3, 0.4) is 0 Å². The standard InChI is InChI=1S/C24H18F2N6O2/c1-11-19(12(2)32(31-11)10-14-6-4-3-5-13(14)9-27)21-20(23(28)33)15-7-16(25)17(26)8-18(15)30-22(21)24(29)34/h3-8H,10H2,1-2H3,(H2,28,33)(H2,29,34). The number of primary amides is 2. The number of nitriles is 1. The van der Waals surface area contributed by atoms with E-state index in [4.69, 9.17) is 11.5 Å². The lowest BCUT2D eigenvalue weighted by atomic mass is 9.92. The number of nitrogens with two attached hydrogens (primary N) is 2. The second-order valence-electron chi connectivity index (χ2n) is 7.69. The summed E-state index contributed by atoms with van der Waals surface area (Å²) in [7, 11) is 0. The van der Waals surface area contributed by atoms with Crippen LogP contribution in [0.5, 0.6) is 0 Å². The van der Waals surface area contributed by atoms with Crippen LogP contribution in [0.15, 0.2) is 36.4 Å². The highest BCUT2D eigenvalue weighted by Gasteiger charge is 2.28. The molecule has 0 aliphatic carbocycles. The second-order valence-corrected chi connectivity index (χ2v) is 7.69. The molecule has 0 aliphatic heterocycles. The van der Waals surface area contributed by atoms with Crippen molar-refractivity contribution in [3.63, 3.8) is 0 Å². The lowest BCUT2D eigenvalue weighted by Gasteiger charge is -2.15. The Balaban J connectivity index is 2.04. The van der Waals surface area contributed by atoms with Crippen LogP contribution in [0.4, 0.5) is 8.78 Å². The number of hydrogen-bond donors (Lipinski definition) is 2. The van der Waals surface area contributed by atoms with E-state index in [1.807, 2.05) is 0 Å². The summed E-state index contributed by atoms with van der Waals surface area (Å²) in [6, 6.07) is 10.7. The van der Waals surface area contributed by atoms with Crippen LogP contribution in [0.1, 0.15) is 43.4 Å². The molecule has 0 atom stereocenters. The predicted octanol–water partition coefficient (Wildman–Crippen LogP) is 3.11. The Morgan fingerprint density at radius 2 is 1.74 bits per heavy atom. The number of rotatable bonds is 5. The number of aryl methyl sites for hydroxylation is 1. The number of amides is 2. The van der Waals surface area contributed by atoms with E-state index in [-0.39, 0.29) is 34.3 Å². The van der Waals surface area contributed by atoms with Gasteiger partial charge in [-0.05, 0) is 31.5 Å². The first kappa shape index (κ1) is 22.5. The van der Waals surface area contributed by atoms with E-state index in [1.165, 1.54) is 0 Å². The molecule has 0 spiro atoms. The monoisotopic (exact) mass is 460 g/mol. The van der Waals surface area contributed by atoms with E-state index in [1.54, 1.807) is 42.8 Å². The van der Waals surface area contributed by atoms with Crippen molar-refractivity contribution in [2.24, 2.45) is 11.5 Å². The van der Waals surface area contributed by atoms with E-state index in [0.717, 1.165) is 12.1 Å². The van der Waals surface area contributed by atoms with Gasteiger partial charge in [0.15, 0.2) is 11.6 Å². The average Bonchev–Trinajstić information content (AvgIpc) is 3.06. The van der Waals surface area contributed by atoms with E-state index >= 15 is 0 Å². The molecule has 0 fully saturated rings. The summed E-state index contributed by atoms with van der Waals surface area (Å²) < 4.78 is 29.5. The maximum absolute atomic E-state index is 14.1. The molecule has 4 rings (SSSR count). The Labute approximate surface area is 192 Å². The van der Waals surface area contributed by atoms with Gasteiger partial charge in [0.1, 0.15) is 5.69 Å². The number of fused-ring (bicyclic) bond motifs is 1. The van der Waals surface area contributed by atoms with Crippen molar-refractivity contribution in [3.8, 4) is 17.2 Å². The highest BCUT2D eigenvalue weighted by Crippen LogP contribution is 2.36. The van der Waals surface area contributed by atoms with Crippen molar-refractivity contribution in [3.05, 3.63) is 81.8 Å². The molecule has 34 heavy (non-hydrogen) atoms. The number of hydrogen-bond acceptors (Lipinski definition) is 5. The van der Waals surface area contributed by atoms with Crippen LogP contribution in [-0.2, 0) is 6.54 Å². The Morgan fingerprint density at radius 3 is 2.38 bits per heavy atom. The number of pyridine rings is 1. The fourth-order valence-corrected chi connectivity index (χ4v) is 4.08. The van der Waals surface area contributed by atoms with E-state index < -0.39 is 23.4 Å². The summed E-state index contributed by atoms with van der Waals surface area (Å²) in [6.45, 7) is 3.59. The number of nitrogens with zero attached hydrogens (tertiary/aromatic N) is 4. The third-order valence-corrected chi connectivity index (χ3v) is 5.60. The fraction of sp³-hybridized carbons (Fsp3) is 0.125. The topological polar surface area (TPSA) is 141 Å². The van der Waals surface area contributed by atoms with Gasteiger partial charge in [-0.25, -0.2) is 13.8 Å². The summed E-state index contributed by atoms with van der Waals surface area (Å²) in [4.78, 5) is 29.0. The molecular formula is C24H18F2N6O2. The smallest absolute Gasteiger partial charge is 0.267 e. The zero-order valence-corrected chi connectivity index (χ0v) is 18.2. The van der Waals surface area contributed by atoms with Crippen molar-refractivity contribution in [1.29, 1.82) is 5.26 Å². The van der Waals surface area contributed by atoms with Gasteiger partial charge >= 0.3 is 0 Å². The minimum absolute atomic E-state index is 0.00618. The SMILES string of the molecule is Cc1nn(Cc2ccccc2C#N)c(C)c1-c1c(C(N)=O)nc2cc(F)c(F)cc2c1C(N)=O. The molecule has 0 aliphatic rings. The first-order valence-corrected chi connectivity index (χ1v) is 10.1. The maximum Gasteiger partial charge on any atom is 0.267 e. The van der Waals surface area contributed by atoms with Gasteiger partial charge < -0.3 is 11.5 Å². The number of carbonyl (C=O) groups excluding carboxylic acids is 2.